The van der Waals surface area contributed by atoms with E-state index in [-0.39, 0.29) is 10.8 Å². The smallest absolute Gasteiger partial charge is 0.240 e. The lowest BCUT2D eigenvalue weighted by Gasteiger charge is -2.19. The summed E-state index contributed by atoms with van der Waals surface area (Å²) in [5, 5.41) is 0. The number of rotatable bonds is 7. The lowest BCUT2D eigenvalue weighted by atomic mass is 10.1. The summed E-state index contributed by atoms with van der Waals surface area (Å²) >= 11 is 0. The molecule has 1 N–H and O–H groups in total. The van der Waals surface area contributed by atoms with Crippen molar-refractivity contribution in [1.82, 2.24) is 4.72 Å². The number of benzene rings is 2. The van der Waals surface area contributed by atoms with E-state index in [0.717, 1.165) is 30.5 Å². The molecule has 0 unspecified atom stereocenters. The molecule has 1 fully saturated rings. The number of carbonyl (C=O) groups excluding carboxylic acids is 1. The van der Waals surface area contributed by atoms with E-state index in [0.29, 0.717) is 19.5 Å². The highest BCUT2D eigenvalue weighted by molar-refractivity contribution is 7.89. The van der Waals surface area contributed by atoms with E-state index in [9.17, 15) is 13.2 Å². The molecule has 1 saturated heterocycles. The summed E-state index contributed by atoms with van der Waals surface area (Å²) in [5.41, 5.74) is 4.02. The summed E-state index contributed by atoms with van der Waals surface area (Å²) in [6.45, 7) is 4.98. The summed E-state index contributed by atoms with van der Waals surface area (Å²) in [7, 11) is -3.55. The maximum atomic E-state index is 12.5. The second kappa shape index (κ2) is 8.23. The van der Waals surface area contributed by atoms with Crippen LogP contribution in [0.1, 0.15) is 36.0 Å². The second-order valence-electron chi connectivity index (χ2n) is 7.08. The summed E-state index contributed by atoms with van der Waals surface area (Å²) in [5.74, 6) is 0.0999. The van der Waals surface area contributed by atoms with E-state index >= 15 is 0 Å². The normalized spacial score (nSPS) is 14.7. The Morgan fingerprint density at radius 2 is 1.81 bits per heavy atom. The molecule has 1 heterocycles. The van der Waals surface area contributed by atoms with Crippen LogP contribution >= 0.6 is 0 Å². The minimum atomic E-state index is -3.55. The number of amides is 1. The molecule has 1 aliphatic heterocycles. The van der Waals surface area contributed by atoms with Crippen molar-refractivity contribution in [3.63, 3.8) is 0 Å². The lowest BCUT2D eigenvalue weighted by molar-refractivity contribution is -0.117. The van der Waals surface area contributed by atoms with Crippen molar-refractivity contribution in [2.24, 2.45) is 0 Å². The topological polar surface area (TPSA) is 66.5 Å². The summed E-state index contributed by atoms with van der Waals surface area (Å²) in [4.78, 5) is 13.9. The fourth-order valence-corrected chi connectivity index (χ4v) is 4.50. The van der Waals surface area contributed by atoms with E-state index < -0.39 is 10.0 Å². The maximum absolute atomic E-state index is 12.5. The molecule has 0 saturated carbocycles. The van der Waals surface area contributed by atoms with E-state index in [1.807, 2.05) is 13.8 Å². The molecule has 2 aromatic carbocycles. The quantitative estimate of drug-likeness (QED) is 0.742. The average molecular weight is 387 g/mol. The molecule has 1 amide bonds. The Kier molecular flexibility index (Phi) is 5.97. The molecule has 27 heavy (non-hydrogen) atoms. The molecular weight excluding hydrogens is 360 g/mol. The van der Waals surface area contributed by atoms with Gasteiger partial charge < -0.3 is 4.90 Å². The average Bonchev–Trinajstić information content (AvgIpc) is 3.06. The van der Waals surface area contributed by atoms with Crippen LogP contribution in [0.5, 0.6) is 0 Å². The fraction of sp³-hybridized carbons (Fsp3) is 0.381. The number of carbonyl (C=O) groups is 1. The monoisotopic (exact) mass is 386 g/mol. The lowest BCUT2D eigenvalue weighted by Crippen LogP contribution is -2.26. The van der Waals surface area contributed by atoms with Crippen LogP contribution in [0.4, 0.5) is 5.69 Å². The minimum Gasteiger partial charge on any atom is -0.312 e. The molecule has 0 aliphatic carbocycles. The molecule has 5 nitrogen and oxygen atoms in total. The third-order valence-corrected chi connectivity index (χ3v) is 6.36. The fourth-order valence-electron chi connectivity index (χ4n) is 3.34. The molecule has 0 spiro atoms. The van der Waals surface area contributed by atoms with Crippen LogP contribution in [0.3, 0.4) is 0 Å². The number of sulfonamides is 1. The van der Waals surface area contributed by atoms with Crippen molar-refractivity contribution < 1.29 is 13.2 Å². The summed E-state index contributed by atoms with van der Waals surface area (Å²) in [6, 6.07) is 13.2. The Labute approximate surface area is 161 Å². The predicted molar refractivity (Wildman–Crippen MR) is 107 cm³/mol. The molecule has 3 rings (SSSR count). The zero-order valence-corrected chi connectivity index (χ0v) is 16.7. The first-order valence-electron chi connectivity index (χ1n) is 9.33. The highest BCUT2D eigenvalue weighted by Crippen LogP contribution is 2.27. The van der Waals surface area contributed by atoms with Gasteiger partial charge in [0.05, 0.1) is 4.90 Å². The number of hydrogen-bond donors (Lipinski definition) is 1. The first-order chi connectivity index (χ1) is 12.9. The van der Waals surface area contributed by atoms with E-state index in [1.54, 1.807) is 23.1 Å². The largest absolute Gasteiger partial charge is 0.312 e. The number of hydrogen-bond acceptors (Lipinski definition) is 3. The zero-order chi connectivity index (χ0) is 19.4. The third kappa shape index (κ3) is 4.76. The summed E-state index contributed by atoms with van der Waals surface area (Å²) < 4.78 is 27.8. The van der Waals surface area contributed by atoms with E-state index in [1.165, 1.54) is 11.1 Å². The first kappa shape index (κ1) is 19.6. The van der Waals surface area contributed by atoms with E-state index in [2.05, 4.69) is 29.0 Å². The van der Waals surface area contributed by atoms with Crippen LogP contribution in [-0.4, -0.2) is 27.4 Å². The van der Waals surface area contributed by atoms with Crippen LogP contribution in [0, 0.1) is 13.8 Å². The van der Waals surface area contributed by atoms with Gasteiger partial charge in [-0.2, -0.15) is 0 Å². The van der Waals surface area contributed by atoms with Gasteiger partial charge in [0.2, 0.25) is 15.9 Å². The Morgan fingerprint density at radius 3 is 2.44 bits per heavy atom. The van der Waals surface area contributed by atoms with Crippen molar-refractivity contribution in [1.29, 1.82) is 0 Å². The van der Waals surface area contributed by atoms with Gasteiger partial charge in [-0.1, -0.05) is 29.8 Å². The van der Waals surface area contributed by atoms with Gasteiger partial charge >= 0.3 is 0 Å². The second-order valence-corrected chi connectivity index (χ2v) is 8.85. The Bertz CT molecular complexity index is 921. The molecule has 1 aliphatic rings. The number of anilines is 1. The third-order valence-electron chi connectivity index (χ3n) is 4.90. The highest BCUT2D eigenvalue weighted by Gasteiger charge is 2.24. The molecular formula is C21H26N2O3S. The van der Waals surface area contributed by atoms with Gasteiger partial charge in [0.25, 0.3) is 0 Å². The molecule has 144 valence electrons. The van der Waals surface area contributed by atoms with Crippen molar-refractivity contribution >= 4 is 21.6 Å². The molecule has 2 aromatic rings. The number of nitrogens with one attached hydrogen (secondary N) is 1. The Hall–Kier alpha value is -2.18. The molecule has 6 heteroatoms. The highest BCUT2D eigenvalue weighted by atomic mass is 32.2. The van der Waals surface area contributed by atoms with E-state index in [4.69, 9.17) is 0 Å². The first-order valence-corrected chi connectivity index (χ1v) is 10.8. The Balaban J connectivity index is 1.60. The SMILES string of the molecule is Cc1ccc(CCCNS(=O)(=O)c2ccc(N3CCCC3=O)c(C)c2)cc1. The van der Waals surface area contributed by atoms with Crippen molar-refractivity contribution in [2.45, 2.75) is 44.4 Å². The van der Waals surface area contributed by atoms with Gasteiger partial charge in [-0.05, 0) is 62.4 Å². The van der Waals surface area contributed by atoms with Crippen LogP contribution in [0.2, 0.25) is 0 Å². The zero-order valence-electron chi connectivity index (χ0n) is 15.9. The van der Waals surface area contributed by atoms with Crippen LogP contribution < -0.4 is 9.62 Å². The molecule has 0 bridgehead atoms. The molecule has 0 atom stereocenters. The van der Waals surface area contributed by atoms with Crippen LogP contribution in [-0.2, 0) is 21.2 Å². The predicted octanol–water partition coefficient (Wildman–Crippen LogP) is 3.34. The van der Waals surface area contributed by atoms with Crippen LogP contribution in [0.25, 0.3) is 0 Å². The Morgan fingerprint density at radius 1 is 1.07 bits per heavy atom. The van der Waals surface area contributed by atoms with Crippen LogP contribution in [0.15, 0.2) is 47.4 Å². The van der Waals surface area contributed by atoms with Gasteiger partial charge in [0, 0.05) is 25.2 Å². The van der Waals surface area contributed by atoms with Gasteiger partial charge in [0.15, 0.2) is 0 Å². The summed E-state index contributed by atoms with van der Waals surface area (Å²) in [6.07, 6.45) is 2.97. The van der Waals surface area contributed by atoms with Gasteiger partial charge in [-0.3, -0.25) is 4.79 Å². The van der Waals surface area contributed by atoms with Gasteiger partial charge in [-0.25, -0.2) is 13.1 Å². The number of aryl methyl sites for hydroxylation is 3. The molecule has 0 aromatic heterocycles. The van der Waals surface area contributed by atoms with Crippen molar-refractivity contribution in [3.05, 3.63) is 59.2 Å². The maximum Gasteiger partial charge on any atom is 0.240 e. The van der Waals surface area contributed by atoms with Gasteiger partial charge in [0.1, 0.15) is 0 Å². The molecule has 0 radical (unpaired) electrons. The standard InChI is InChI=1S/C21H26N2O3S/c1-16-7-9-18(10-8-16)5-3-13-22-27(25,26)19-11-12-20(17(2)15-19)23-14-4-6-21(23)24/h7-12,15,22H,3-6,13-14H2,1-2H3. The van der Waals surface area contributed by atoms with Crippen molar-refractivity contribution in [3.8, 4) is 0 Å². The number of nitrogens with zero attached hydrogens (tertiary/aromatic N) is 1. The van der Waals surface area contributed by atoms with Crippen molar-refractivity contribution in [2.75, 3.05) is 18.0 Å². The van der Waals surface area contributed by atoms with Gasteiger partial charge in [-0.15, -0.1) is 0 Å². The minimum absolute atomic E-state index is 0.0999.